The Kier molecular flexibility index (Phi) is 4.38. The number of halogens is 5. The van der Waals surface area contributed by atoms with Crippen LogP contribution < -0.4 is 5.73 Å². The normalized spacial score (nSPS) is 12.6. The first-order chi connectivity index (χ1) is 6.86. The number of alkyl halides is 1. The first-order valence-corrected chi connectivity index (χ1v) is 5.57. The van der Waals surface area contributed by atoms with E-state index in [1.54, 1.807) is 0 Å². The van der Waals surface area contributed by atoms with Crippen molar-refractivity contribution in [2.45, 2.75) is 5.38 Å². The van der Waals surface area contributed by atoms with Gasteiger partial charge in [0.15, 0.2) is 0 Å². The van der Waals surface area contributed by atoms with E-state index >= 15 is 0 Å². The van der Waals surface area contributed by atoms with E-state index in [4.69, 9.17) is 63.7 Å². The van der Waals surface area contributed by atoms with Gasteiger partial charge in [0, 0.05) is 10.6 Å². The average molecular weight is 307 g/mol. The number of benzene rings is 1. The fourth-order valence-electron chi connectivity index (χ4n) is 0.955. The summed E-state index contributed by atoms with van der Waals surface area (Å²) in [6.07, 6.45) is 0. The third-order valence-corrected chi connectivity index (χ3v) is 3.68. The molecule has 1 rings (SSSR count). The van der Waals surface area contributed by atoms with Crippen LogP contribution in [0.25, 0.3) is 0 Å². The molecule has 0 fully saturated rings. The maximum atomic E-state index is 10.9. The lowest BCUT2D eigenvalue weighted by atomic mass is 10.1. The number of carbonyl (C=O) groups is 1. The second-order valence-electron chi connectivity index (χ2n) is 2.65. The second kappa shape index (κ2) is 4.98. The van der Waals surface area contributed by atoms with Crippen molar-refractivity contribution in [2.75, 3.05) is 0 Å². The van der Waals surface area contributed by atoms with Crippen molar-refractivity contribution in [1.29, 1.82) is 0 Å². The molecule has 7 heteroatoms. The average Bonchev–Trinajstić information content (AvgIpc) is 2.14. The quantitative estimate of drug-likeness (QED) is 0.499. The number of rotatable bonds is 2. The fourth-order valence-corrected chi connectivity index (χ4v) is 2.43. The van der Waals surface area contributed by atoms with Crippen molar-refractivity contribution in [3.05, 3.63) is 31.7 Å². The molecular formula is C8H4Cl5NO. The summed E-state index contributed by atoms with van der Waals surface area (Å²) in [5.41, 5.74) is 5.20. The zero-order valence-electron chi connectivity index (χ0n) is 7.03. The molecule has 0 aliphatic rings. The van der Waals surface area contributed by atoms with Crippen LogP contribution in [-0.4, -0.2) is 5.91 Å². The lowest BCUT2D eigenvalue weighted by Gasteiger charge is -2.12. The van der Waals surface area contributed by atoms with Crippen LogP contribution in [0.15, 0.2) is 6.07 Å². The minimum atomic E-state index is -1.14. The lowest BCUT2D eigenvalue weighted by Crippen LogP contribution is -2.17. The van der Waals surface area contributed by atoms with Crippen LogP contribution in [0.4, 0.5) is 0 Å². The summed E-state index contributed by atoms with van der Waals surface area (Å²) in [6, 6.07) is 1.35. The Morgan fingerprint density at radius 1 is 1.13 bits per heavy atom. The molecule has 2 N–H and O–H groups in total. The number of amides is 1. The van der Waals surface area contributed by atoms with Crippen LogP contribution in [0.2, 0.25) is 20.1 Å². The van der Waals surface area contributed by atoms with Gasteiger partial charge in [-0.15, -0.1) is 11.6 Å². The lowest BCUT2D eigenvalue weighted by molar-refractivity contribution is -0.117. The SMILES string of the molecule is NC(=O)C(Cl)c1c(Cl)cc(Cl)c(Cl)c1Cl. The molecule has 0 radical (unpaired) electrons. The molecule has 1 atom stereocenters. The maximum Gasteiger partial charge on any atom is 0.240 e. The smallest absolute Gasteiger partial charge is 0.240 e. The third-order valence-electron chi connectivity index (χ3n) is 1.65. The molecule has 1 aromatic carbocycles. The van der Waals surface area contributed by atoms with Gasteiger partial charge in [0.1, 0.15) is 5.38 Å². The Labute approximate surface area is 111 Å². The second-order valence-corrected chi connectivity index (χ2v) is 4.65. The van der Waals surface area contributed by atoms with Gasteiger partial charge in [-0.05, 0) is 6.07 Å². The molecule has 15 heavy (non-hydrogen) atoms. The van der Waals surface area contributed by atoms with E-state index in [1.807, 2.05) is 0 Å². The third kappa shape index (κ3) is 2.63. The molecule has 1 amide bonds. The van der Waals surface area contributed by atoms with E-state index in [-0.39, 0.29) is 25.7 Å². The van der Waals surface area contributed by atoms with Crippen molar-refractivity contribution in [3.8, 4) is 0 Å². The highest BCUT2D eigenvalue weighted by Crippen LogP contribution is 2.42. The number of carbonyl (C=O) groups excluding carboxylic acids is 1. The van der Waals surface area contributed by atoms with Gasteiger partial charge < -0.3 is 5.73 Å². The fraction of sp³-hybridized carbons (Fsp3) is 0.125. The highest BCUT2D eigenvalue weighted by Gasteiger charge is 2.23. The highest BCUT2D eigenvalue weighted by molar-refractivity contribution is 6.50. The van der Waals surface area contributed by atoms with E-state index in [0.29, 0.717) is 0 Å². The zero-order valence-corrected chi connectivity index (χ0v) is 10.8. The van der Waals surface area contributed by atoms with Crippen molar-refractivity contribution < 1.29 is 4.79 Å². The largest absolute Gasteiger partial charge is 0.368 e. The first-order valence-electron chi connectivity index (χ1n) is 3.62. The van der Waals surface area contributed by atoms with Crippen LogP contribution in [0.3, 0.4) is 0 Å². The minimum Gasteiger partial charge on any atom is -0.368 e. The summed E-state index contributed by atoms with van der Waals surface area (Å²) >= 11 is 28.9. The van der Waals surface area contributed by atoms with Gasteiger partial charge in [0.2, 0.25) is 5.91 Å². The standard InChI is InChI=1S/C8H4Cl5NO/c9-2-1-3(10)5(11)6(12)4(2)7(13)8(14)15/h1,7H,(H2,14,15). The van der Waals surface area contributed by atoms with Gasteiger partial charge in [-0.1, -0.05) is 46.4 Å². The van der Waals surface area contributed by atoms with Gasteiger partial charge in [0.25, 0.3) is 0 Å². The number of primary amides is 1. The predicted molar refractivity (Wildman–Crippen MR) is 64.3 cm³/mol. The topological polar surface area (TPSA) is 43.1 Å². The van der Waals surface area contributed by atoms with E-state index in [9.17, 15) is 4.79 Å². The Morgan fingerprint density at radius 3 is 2.13 bits per heavy atom. The maximum absolute atomic E-state index is 10.9. The van der Waals surface area contributed by atoms with E-state index in [1.165, 1.54) is 6.07 Å². The van der Waals surface area contributed by atoms with Gasteiger partial charge in [0.05, 0.1) is 15.1 Å². The van der Waals surface area contributed by atoms with Crippen molar-refractivity contribution in [3.63, 3.8) is 0 Å². The van der Waals surface area contributed by atoms with Crippen molar-refractivity contribution in [2.24, 2.45) is 5.73 Å². The van der Waals surface area contributed by atoms with Crippen molar-refractivity contribution in [1.82, 2.24) is 0 Å². The molecule has 82 valence electrons. The van der Waals surface area contributed by atoms with Gasteiger partial charge in [-0.3, -0.25) is 4.79 Å². The van der Waals surface area contributed by atoms with E-state index in [2.05, 4.69) is 0 Å². The van der Waals surface area contributed by atoms with E-state index in [0.717, 1.165) is 0 Å². The molecule has 0 aliphatic carbocycles. The van der Waals surface area contributed by atoms with Crippen LogP contribution in [0.1, 0.15) is 10.9 Å². The molecular weight excluding hydrogens is 303 g/mol. The number of nitrogens with two attached hydrogens (primary N) is 1. The Hall–Kier alpha value is 0.140. The summed E-state index contributed by atoms with van der Waals surface area (Å²) in [5, 5.41) is -0.686. The Bertz CT molecular complexity index is 420. The molecule has 1 aromatic rings. The molecule has 0 heterocycles. The van der Waals surface area contributed by atoms with Crippen LogP contribution in [-0.2, 0) is 4.79 Å². The summed E-state index contributed by atoms with van der Waals surface area (Å²) in [6.45, 7) is 0. The molecule has 0 bridgehead atoms. The summed E-state index contributed by atoms with van der Waals surface area (Å²) < 4.78 is 0. The molecule has 2 nitrogen and oxygen atoms in total. The molecule has 1 unspecified atom stereocenters. The molecule has 0 aliphatic heterocycles. The van der Waals surface area contributed by atoms with Gasteiger partial charge >= 0.3 is 0 Å². The zero-order chi connectivity index (χ0) is 11.7. The van der Waals surface area contributed by atoms with Crippen LogP contribution in [0, 0.1) is 0 Å². The van der Waals surface area contributed by atoms with Crippen molar-refractivity contribution >= 4 is 63.9 Å². The number of hydrogen-bond donors (Lipinski definition) is 1. The molecule has 0 spiro atoms. The summed E-state index contributed by atoms with van der Waals surface area (Å²) in [7, 11) is 0. The summed E-state index contributed by atoms with van der Waals surface area (Å²) in [5.74, 6) is -0.765. The van der Waals surface area contributed by atoms with Gasteiger partial charge in [-0.25, -0.2) is 0 Å². The molecule has 0 saturated heterocycles. The predicted octanol–water partition coefficient (Wildman–Crippen LogP) is 4.07. The molecule has 0 saturated carbocycles. The van der Waals surface area contributed by atoms with Crippen LogP contribution in [0.5, 0.6) is 0 Å². The first kappa shape index (κ1) is 13.2. The Balaban J connectivity index is 3.42. The van der Waals surface area contributed by atoms with Gasteiger partial charge in [-0.2, -0.15) is 0 Å². The highest BCUT2D eigenvalue weighted by atomic mass is 35.5. The summed E-state index contributed by atoms with van der Waals surface area (Å²) in [4.78, 5) is 10.9. The van der Waals surface area contributed by atoms with E-state index < -0.39 is 11.3 Å². The minimum absolute atomic E-state index is 0.0352. The van der Waals surface area contributed by atoms with Crippen LogP contribution >= 0.6 is 58.0 Å². The Morgan fingerprint density at radius 2 is 1.67 bits per heavy atom. The monoisotopic (exact) mass is 305 g/mol. The number of hydrogen-bond acceptors (Lipinski definition) is 1. The molecule has 0 aromatic heterocycles.